The van der Waals surface area contributed by atoms with Gasteiger partial charge in [-0.15, -0.1) is 0 Å². The van der Waals surface area contributed by atoms with Crippen LogP contribution in [0.1, 0.15) is 30.4 Å². The van der Waals surface area contributed by atoms with Crippen LogP contribution < -0.4 is 16.6 Å². The van der Waals surface area contributed by atoms with Gasteiger partial charge in [-0.2, -0.15) is 5.10 Å². The maximum atomic E-state index is 12.3. The first-order chi connectivity index (χ1) is 13.7. The summed E-state index contributed by atoms with van der Waals surface area (Å²) in [6.07, 6.45) is 1.64. The average Bonchev–Trinajstić information content (AvgIpc) is 3.22. The van der Waals surface area contributed by atoms with Crippen LogP contribution in [0.5, 0.6) is 0 Å². The lowest BCUT2D eigenvalue weighted by atomic mass is 9.97. The highest BCUT2D eigenvalue weighted by molar-refractivity contribution is 5.92. The van der Waals surface area contributed by atoms with E-state index in [0.717, 1.165) is 0 Å². The van der Waals surface area contributed by atoms with Crippen LogP contribution in [0.25, 0.3) is 0 Å². The quantitative estimate of drug-likeness (QED) is 0.678. The van der Waals surface area contributed by atoms with E-state index < -0.39 is 41.4 Å². The summed E-state index contributed by atoms with van der Waals surface area (Å²) in [6.45, 7) is 3.92. The first-order valence-corrected chi connectivity index (χ1v) is 9.30. The van der Waals surface area contributed by atoms with Crippen molar-refractivity contribution in [3.8, 4) is 0 Å². The number of nitrogens with zero attached hydrogens (tertiary/aromatic N) is 3. The molecule has 2 N–H and O–H groups in total. The molecule has 2 aliphatic heterocycles. The molecule has 2 aromatic heterocycles. The fourth-order valence-electron chi connectivity index (χ4n) is 3.74. The molecule has 2 fully saturated rings. The van der Waals surface area contributed by atoms with Crippen molar-refractivity contribution >= 4 is 5.91 Å². The lowest BCUT2D eigenvalue weighted by molar-refractivity contribution is -0.153. The highest BCUT2D eigenvalue weighted by Crippen LogP contribution is 2.39. The Morgan fingerprint density at radius 1 is 1.28 bits per heavy atom. The van der Waals surface area contributed by atoms with Crippen LogP contribution in [0.3, 0.4) is 0 Å². The Balaban J connectivity index is 1.51. The molecule has 11 nitrogen and oxygen atoms in total. The number of hydrogen-bond acceptors (Lipinski definition) is 7. The monoisotopic (exact) mass is 405 g/mol. The molecule has 4 heterocycles. The molecule has 0 aromatic carbocycles. The maximum Gasteiger partial charge on any atom is 0.328 e. The summed E-state index contributed by atoms with van der Waals surface area (Å²) in [4.78, 5) is 38.1. The fourth-order valence-corrected chi connectivity index (χ4v) is 3.74. The molecule has 0 spiro atoms. The van der Waals surface area contributed by atoms with Crippen molar-refractivity contribution in [2.24, 2.45) is 7.05 Å². The summed E-state index contributed by atoms with van der Waals surface area (Å²) < 4.78 is 20.9. The molecule has 0 radical (unpaired) electrons. The number of nitrogens with one attached hydrogen (secondary N) is 2. The van der Waals surface area contributed by atoms with Crippen molar-refractivity contribution in [3.05, 3.63) is 51.1 Å². The van der Waals surface area contributed by atoms with Gasteiger partial charge in [-0.3, -0.25) is 23.8 Å². The summed E-state index contributed by atoms with van der Waals surface area (Å²) in [6, 6.07) is 2.42. The van der Waals surface area contributed by atoms with Crippen molar-refractivity contribution < 1.29 is 19.0 Å². The zero-order valence-electron chi connectivity index (χ0n) is 16.3. The predicted molar refractivity (Wildman–Crippen MR) is 99.5 cm³/mol. The Kier molecular flexibility index (Phi) is 4.89. The molecule has 156 valence electrons. The number of rotatable bonds is 4. The van der Waals surface area contributed by atoms with Crippen molar-refractivity contribution in [2.75, 3.05) is 13.2 Å². The first kappa shape index (κ1) is 19.6. The van der Waals surface area contributed by atoms with Crippen LogP contribution in [0.2, 0.25) is 0 Å². The average molecular weight is 405 g/mol. The Morgan fingerprint density at radius 3 is 2.72 bits per heavy atom. The van der Waals surface area contributed by atoms with Gasteiger partial charge in [-0.25, -0.2) is 4.79 Å². The van der Waals surface area contributed by atoms with Crippen molar-refractivity contribution in [1.82, 2.24) is 24.6 Å². The molecule has 0 saturated carbocycles. The smallest absolute Gasteiger partial charge is 0.328 e. The van der Waals surface area contributed by atoms with Gasteiger partial charge in [0.2, 0.25) is 0 Å². The molecule has 11 heteroatoms. The number of amides is 1. The van der Waals surface area contributed by atoms with Crippen LogP contribution in [-0.4, -0.2) is 62.5 Å². The third kappa shape index (κ3) is 3.88. The lowest BCUT2D eigenvalue weighted by Crippen LogP contribution is -2.54. The van der Waals surface area contributed by atoms with Gasteiger partial charge < -0.3 is 19.5 Å². The number of aromatic amines is 1. The number of ether oxygens (including phenoxy) is 3. The number of carbonyl (C=O) groups is 1. The van der Waals surface area contributed by atoms with Crippen LogP contribution in [-0.2, 0) is 21.3 Å². The van der Waals surface area contributed by atoms with E-state index in [1.165, 1.54) is 16.8 Å². The van der Waals surface area contributed by atoms with Crippen molar-refractivity contribution in [2.45, 2.75) is 44.0 Å². The SMILES string of the molecule is Cn1ccc(C(=O)NC[C@H]2OC[C@@H](n3ccc(=O)[nH]c3=O)[C@@H]3OC(C)(C)O[C@@H]32)n1. The van der Waals surface area contributed by atoms with Gasteiger partial charge in [0.15, 0.2) is 5.79 Å². The van der Waals surface area contributed by atoms with Gasteiger partial charge in [0.25, 0.3) is 11.5 Å². The van der Waals surface area contributed by atoms with E-state index in [1.54, 1.807) is 37.8 Å². The summed E-state index contributed by atoms with van der Waals surface area (Å²) >= 11 is 0. The van der Waals surface area contributed by atoms with Crippen LogP contribution in [0, 0.1) is 0 Å². The Morgan fingerprint density at radius 2 is 2.03 bits per heavy atom. The number of fused-ring (bicyclic) bond motifs is 1. The van der Waals surface area contributed by atoms with E-state index in [9.17, 15) is 14.4 Å². The molecule has 1 amide bonds. The molecular formula is C18H23N5O6. The van der Waals surface area contributed by atoms with E-state index in [-0.39, 0.29) is 19.1 Å². The Labute approximate surface area is 165 Å². The zero-order valence-corrected chi connectivity index (χ0v) is 16.3. The van der Waals surface area contributed by atoms with E-state index >= 15 is 0 Å². The second-order valence-corrected chi connectivity index (χ2v) is 7.61. The molecule has 0 unspecified atom stereocenters. The van der Waals surface area contributed by atoms with Crippen LogP contribution >= 0.6 is 0 Å². The number of aryl methyl sites for hydroxylation is 1. The molecule has 2 aromatic rings. The molecular weight excluding hydrogens is 382 g/mol. The van der Waals surface area contributed by atoms with Crippen LogP contribution in [0.4, 0.5) is 0 Å². The highest BCUT2D eigenvalue weighted by Gasteiger charge is 2.52. The van der Waals surface area contributed by atoms with Gasteiger partial charge in [-0.1, -0.05) is 0 Å². The standard InChI is InChI=1S/C18H23N5O6/c1-18(2)28-14-11(23-7-5-13(24)20-17(23)26)9-27-12(15(14)29-18)8-19-16(25)10-4-6-22(3)21-10/h4-7,11-12,14-15H,8-9H2,1-3H3,(H,19,25)(H,20,24,26)/t11-,12-,14+,15-/m1/s1. The number of hydrogen-bond donors (Lipinski definition) is 2. The minimum absolute atomic E-state index is 0.163. The predicted octanol–water partition coefficient (Wildman–Crippen LogP) is -0.840. The van der Waals surface area contributed by atoms with Gasteiger partial charge >= 0.3 is 5.69 Å². The normalized spacial score (nSPS) is 28.1. The second kappa shape index (κ2) is 7.25. The Bertz CT molecular complexity index is 1020. The van der Waals surface area contributed by atoms with E-state index in [2.05, 4.69) is 15.4 Å². The van der Waals surface area contributed by atoms with Crippen molar-refractivity contribution in [1.29, 1.82) is 0 Å². The number of carbonyl (C=O) groups excluding carboxylic acids is 1. The molecule has 4 rings (SSSR count). The molecule has 0 bridgehead atoms. The molecule has 2 saturated heterocycles. The number of H-pyrrole nitrogens is 1. The van der Waals surface area contributed by atoms with E-state index in [1.807, 2.05) is 0 Å². The first-order valence-electron chi connectivity index (χ1n) is 9.30. The van der Waals surface area contributed by atoms with Gasteiger partial charge in [0.1, 0.15) is 24.0 Å². The van der Waals surface area contributed by atoms with Crippen LogP contribution in [0.15, 0.2) is 34.1 Å². The summed E-state index contributed by atoms with van der Waals surface area (Å²) in [5.41, 5.74) is -0.708. The minimum atomic E-state index is -0.879. The van der Waals surface area contributed by atoms with E-state index in [4.69, 9.17) is 14.2 Å². The lowest BCUT2D eigenvalue weighted by Gasteiger charge is -2.37. The zero-order chi connectivity index (χ0) is 20.8. The number of aromatic nitrogens is 4. The van der Waals surface area contributed by atoms with Gasteiger partial charge in [0, 0.05) is 32.1 Å². The van der Waals surface area contributed by atoms with Crippen molar-refractivity contribution in [3.63, 3.8) is 0 Å². The second-order valence-electron chi connectivity index (χ2n) is 7.61. The Hall–Kier alpha value is -2.76. The summed E-state index contributed by atoms with van der Waals surface area (Å²) in [5.74, 6) is -1.20. The van der Waals surface area contributed by atoms with Gasteiger partial charge in [0.05, 0.1) is 12.6 Å². The maximum absolute atomic E-state index is 12.3. The van der Waals surface area contributed by atoms with Gasteiger partial charge in [-0.05, 0) is 19.9 Å². The topological polar surface area (TPSA) is 129 Å². The highest BCUT2D eigenvalue weighted by atomic mass is 16.8. The fraction of sp³-hybridized carbons (Fsp3) is 0.556. The minimum Gasteiger partial charge on any atom is -0.371 e. The largest absolute Gasteiger partial charge is 0.371 e. The summed E-state index contributed by atoms with van der Waals surface area (Å²) in [5, 5.41) is 6.88. The molecule has 4 atom stereocenters. The molecule has 29 heavy (non-hydrogen) atoms. The molecule has 0 aliphatic carbocycles. The third-order valence-electron chi connectivity index (χ3n) is 5.01. The third-order valence-corrected chi connectivity index (χ3v) is 5.01. The summed E-state index contributed by atoms with van der Waals surface area (Å²) in [7, 11) is 1.73. The molecule has 2 aliphatic rings. The van der Waals surface area contributed by atoms with E-state index in [0.29, 0.717) is 5.69 Å².